The fraction of sp³-hybridized carbons (Fsp3) is 0.350. The fourth-order valence-corrected chi connectivity index (χ4v) is 4.16. The summed E-state index contributed by atoms with van der Waals surface area (Å²) in [5.41, 5.74) is 15.9. The number of hydrogen-bond donors (Lipinski definition) is 3. The third-order valence-electron chi connectivity index (χ3n) is 5.74. The van der Waals surface area contributed by atoms with E-state index in [1.54, 1.807) is 6.33 Å². The number of rotatable bonds is 2. The van der Waals surface area contributed by atoms with Crippen LogP contribution in [0.5, 0.6) is 0 Å². The average molecular weight is 361 g/mol. The van der Waals surface area contributed by atoms with Crippen LogP contribution in [0.15, 0.2) is 36.7 Å². The highest BCUT2D eigenvalue weighted by atomic mass is 15.2. The molecule has 138 valence electrons. The highest BCUT2D eigenvalue weighted by molar-refractivity contribution is 5.87. The second-order valence-corrected chi connectivity index (χ2v) is 7.65. The quantitative estimate of drug-likeness (QED) is 0.508. The fourth-order valence-electron chi connectivity index (χ4n) is 4.16. The largest absolute Gasteiger partial charge is 0.340 e. The van der Waals surface area contributed by atoms with Crippen LogP contribution in [0.2, 0.25) is 0 Å². The molecule has 1 fully saturated rings. The van der Waals surface area contributed by atoms with Gasteiger partial charge in [0.1, 0.15) is 5.52 Å². The number of H-pyrrole nitrogens is 1. The molecule has 7 heteroatoms. The summed E-state index contributed by atoms with van der Waals surface area (Å²) in [5.74, 6) is 1.45. The van der Waals surface area contributed by atoms with Gasteiger partial charge in [0.25, 0.3) is 0 Å². The Bertz CT molecular complexity index is 1130. The van der Waals surface area contributed by atoms with E-state index >= 15 is 0 Å². The third kappa shape index (κ3) is 2.54. The molecule has 0 radical (unpaired) electrons. The topological polar surface area (TPSA) is 111 Å². The van der Waals surface area contributed by atoms with Crippen molar-refractivity contribution in [2.24, 2.45) is 11.5 Å². The monoisotopic (exact) mass is 361 g/mol. The van der Waals surface area contributed by atoms with E-state index in [2.05, 4.69) is 39.7 Å². The third-order valence-corrected chi connectivity index (χ3v) is 5.74. The standard InChI is InChI=1S/C20H23N7/c1-12-10-13-4-2-3-5-15(13)27(12)18-16-17(24-11-23-16)25-19(26-18)20(22)8-6-14(21)7-9-20/h2-5,10-11,14H,6-9,21-22H2,1H3,(H,23,24,25,26). The van der Waals surface area contributed by atoms with E-state index in [4.69, 9.17) is 21.4 Å². The summed E-state index contributed by atoms with van der Waals surface area (Å²) < 4.78 is 2.15. The van der Waals surface area contributed by atoms with Crippen molar-refractivity contribution in [1.29, 1.82) is 0 Å². The molecule has 3 heterocycles. The molecule has 1 aromatic carbocycles. The lowest BCUT2D eigenvalue weighted by atomic mass is 9.80. The normalized spacial score (nSPS) is 23.3. The number of fused-ring (bicyclic) bond motifs is 2. The molecular weight excluding hydrogens is 338 g/mol. The number of benzene rings is 1. The van der Waals surface area contributed by atoms with Crippen molar-refractivity contribution in [3.63, 3.8) is 0 Å². The molecule has 0 aliphatic heterocycles. The minimum Gasteiger partial charge on any atom is -0.340 e. The van der Waals surface area contributed by atoms with Gasteiger partial charge in [-0.2, -0.15) is 0 Å². The molecule has 3 aromatic heterocycles. The number of hydrogen-bond acceptors (Lipinski definition) is 5. The Morgan fingerprint density at radius 3 is 2.78 bits per heavy atom. The molecule has 1 aliphatic rings. The zero-order valence-electron chi connectivity index (χ0n) is 15.3. The van der Waals surface area contributed by atoms with Gasteiger partial charge in [0, 0.05) is 17.1 Å². The molecule has 7 nitrogen and oxygen atoms in total. The molecule has 0 unspecified atom stereocenters. The predicted octanol–water partition coefficient (Wildman–Crippen LogP) is 2.66. The molecule has 5 N–H and O–H groups in total. The number of nitrogens with one attached hydrogen (secondary N) is 1. The van der Waals surface area contributed by atoms with Crippen LogP contribution in [-0.2, 0) is 5.54 Å². The average Bonchev–Trinajstić information content (AvgIpc) is 3.27. The van der Waals surface area contributed by atoms with Crippen LogP contribution < -0.4 is 11.5 Å². The highest BCUT2D eigenvalue weighted by Crippen LogP contribution is 2.34. The van der Waals surface area contributed by atoms with Gasteiger partial charge >= 0.3 is 0 Å². The van der Waals surface area contributed by atoms with Crippen molar-refractivity contribution < 1.29 is 0 Å². The van der Waals surface area contributed by atoms with Gasteiger partial charge in [-0.15, -0.1) is 0 Å². The lowest BCUT2D eigenvalue weighted by Crippen LogP contribution is -2.45. The van der Waals surface area contributed by atoms with Gasteiger partial charge in [-0.3, -0.25) is 4.57 Å². The van der Waals surface area contributed by atoms with E-state index in [0.29, 0.717) is 11.5 Å². The summed E-state index contributed by atoms with van der Waals surface area (Å²) in [7, 11) is 0. The van der Waals surface area contributed by atoms with Crippen molar-refractivity contribution in [3.05, 3.63) is 48.2 Å². The van der Waals surface area contributed by atoms with Crippen molar-refractivity contribution in [1.82, 2.24) is 24.5 Å². The molecule has 27 heavy (non-hydrogen) atoms. The summed E-state index contributed by atoms with van der Waals surface area (Å²) in [4.78, 5) is 17.3. The second kappa shape index (κ2) is 5.87. The Balaban J connectivity index is 1.75. The molecule has 0 bridgehead atoms. The number of para-hydroxylation sites is 1. The first-order chi connectivity index (χ1) is 13.0. The molecule has 5 rings (SSSR count). The molecule has 0 saturated heterocycles. The molecule has 0 spiro atoms. The van der Waals surface area contributed by atoms with Crippen LogP contribution in [0, 0.1) is 6.92 Å². The maximum Gasteiger partial charge on any atom is 0.183 e. The Kier molecular flexibility index (Phi) is 3.57. The first-order valence-corrected chi connectivity index (χ1v) is 9.39. The van der Waals surface area contributed by atoms with Gasteiger partial charge in [-0.1, -0.05) is 18.2 Å². The second-order valence-electron chi connectivity index (χ2n) is 7.65. The van der Waals surface area contributed by atoms with Gasteiger partial charge in [0.05, 0.1) is 17.4 Å². The van der Waals surface area contributed by atoms with Crippen molar-refractivity contribution in [2.45, 2.75) is 44.2 Å². The molecular formula is C20H23N7. The molecule has 0 atom stereocenters. The number of aryl methyl sites for hydroxylation is 1. The lowest BCUT2D eigenvalue weighted by Gasteiger charge is -2.34. The predicted molar refractivity (Wildman–Crippen MR) is 106 cm³/mol. The van der Waals surface area contributed by atoms with E-state index in [1.165, 1.54) is 5.39 Å². The minimum atomic E-state index is -0.561. The highest BCUT2D eigenvalue weighted by Gasteiger charge is 2.36. The van der Waals surface area contributed by atoms with Gasteiger partial charge in [-0.05, 0) is 44.7 Å². The molecule has 4 aromatic rings. The summed E-state index contributed by atoms with van der Waals surface area (Å²) >= 11 is 0. The smallest absolute Gasteiger partial charge is 0.183 e. The first-order valence-electron chi connectivity index (χ1n) is 9.39. The first kappa shape index (κ1) is 16.4. The van der Waals surface area contributed by atoms with Crippen molar-refractivity contribution in [2.75, 3.05) is 0 Å². The molecule has 1 aliphatic carbocycles. The van der Waals surface area contributed by atoms with Crippen LogP contribution >= 0.6 is 0 Å². The summed E-state index contributed by atoms with van der Waals surface area (Å²) in [6.45, 7) is 2.09. The van der Waals surface area contributed by atoms with E-state index in [1.807, 2.05) is 12.1 Å². The summed E-state index contributed by atoms with van der Waals surface area (Å²) in [5, 5.41) is 1.17. The van der Waals surface area contributed by atoms with Gasteiger partial charge in [0.2, 0.25) is 0 Å². The number of aromatic nitrogens is 5. The van der Waals surface area contributed by atoms with E-state index in [-0.39, 0.29) is 6.04 Å². The van der Waals surface area contributed by atoms with Gasteiger partial charge in [-0.25, -0.2) is 15.0 Å². The van der Waals surface area contributed by atoms with E-state index in [0.717, 1.165) is 48.2 Å². The number of nitrogens with two attached hydrogens (primary N) is 2. The summed E-state index contributed by atoms with van der Waals surface area (Å²) in [6, 6.07) is 10.7. The lowest BCUT2D eigenvalue weighted by molar-refractivity contribution is 0.265. The maximum absolute atomic E-state index is 6.75. The zero-order chi connectivity index (χ0) is 18.6. The molecule has 0 amide bonds. The van der Waals surface area contributed by atoms with Crippen LogP contribution in [0.25, 0.3) is 27.9 Å². The molecule has 1 saturated carbocycles. The Morgan fingerprint density at radius 2 is 1.96 bits per heavy atom. The SMILES string of the molecule is Cc1cc2ccccc2n1-c1nc(C2(N)CCC(N)CC2)nc2nc[nH]c12. The van der Waals surface area contributed by atoms with Crippen LogP contribution in [0.1, 0.15) is 37.2 Å². The Morgan fingerprint density at radius 1 is 1.19 bits per heavy atom. The van der Waals surface area contributed by atoms with Crippen molar-refractivity contribution in [3.8, 4) is 5.82 Å². The number of aromatic amines is 1. The van der Waals surface area contributed by atoms with E-state index < -0.39 is 5.54 Å². The van der Waals surface area contributed by atoms with Crippen LogP contribution in [-0.4, -0.2) is 30.5 Å². The Labute approximate surface area is 156 Å². The number of imidazole rings is 1. The van der Waals surface area contributed by atoms with Crippen LogP contribution in [0.4, 0.5) is 0 Å². The van der Waals surface area contributed by atoms with Crippen LogP contribution in [0.3, 0.4) is 0 Å². The zero-order valence-corrected chi connectivity index (χ0v) is 15.3. The summed E-state index contributed by atoms with van der Waals surface area (Å²) in [6.07, 6.45) is 5.01. The minimum absolute atomic E-state index is 0.214. The van der Waals surface area contributed by atoms with Crippen molar-refractivity contribution >= 4 is 22.1 Å². The van der Waals surface area contributed by atoms with E-state index in [9.17, 15) is 0 Å². The maximum atomic E-state index is 6.75. The van der Waals surface area contributed by atoms with Gasteiger partial charge in [0.15, 0.2) is 17.3 Å². The van der Waals surface area contributed by atoms with Gasteiger partial charge < -0.3 is 16.5 Å². The Hall–Kier alpha value is -2.77. The number of nitrogens with zero attached hydrogens (tertiary/aromatic N) is 4.